The molecule has 0 N–H and O–H groups in total. The highest BCUT2D eigenvalue weighted by molar-refractivity contribution is 6.33. The molecule has 68 valence electrons. The molecule has 2 rings (SSSR count). The number of carbonyl (C=O) groups excluding carboxylic acids is 1. The van der Waals surface area contributed by atoms with Crippen molar-refractivity contribution in [2.24, 2.45) is 0 Å². The van der Waals surface area contributed by atoms with Gasteiger partial charge in [0.1, 0.15) is 11.6 Å². The zero-order valence-corrected chi connectivity index (χ0v) is 7.56. The molecule has 0 spiro atoms. The zero-order valence-electron chi connectivity index (χ0n) is 6.80. The number of halogens is 2. The molecule has 1 unspecified atom stereocenters. The Hall–Kier alpha value is -1.09. The molecule has 13 heavy (non-hydrogen) atoms. The molecule has 0 saturated heterocycles. The molecule has 4 heteroatoms. The van der Waals surface area contributed by atoms with Crippen LogP contribution < -0.4 is 4.74 Å². The Morgan fingerprint density at radius 3 is 2.92 bits per heavy atom. The molecule has 2 nitrogen and oxygen atoms in total. The Bertz CT molecular complexity index is 389. The molecule has 0 radical (unpaired) electrons. The SMILES string of the molecule is CC1Oc2c(Cl)cc(F)cc2C1=O. The van der Waals surface area contributed by atoms with Gasteiger partial charge in [-0.2, -0.15) is 0 Å². The van der Waals surface area contributed by atoms with Crippen LogP contribution in [0.5, 0.6) is 5.75 Å². The summed E-state index contributed by atoms with van der Waals surface area (Å²) in [7, 11) is 0. The molecule has 1 heterocycles. The molecule has 0 aliphatic carbocycles. The summed E-state index contributed by atoms with van der Waals surface area (Å²) in [5.41, 5.74) is 0.234. The van der Waals surface area contributed by atoms with E-state index in [0.29, 0.717) is 5.75 Å². The van der Waals surface area contributed by atoms with E-state index in [2.05, 4.69) is 0 Å². The summed E-state index contributed by atoms with van der Waals surface area (Å²) in [6.45, 7) is 1.61. The van der Waals surface area contributed by atoms with Crippen LogP contribution in [0.4, 0.5) is 4.39 Å². The number of ether oxygens (including phenoxy) is 1. The van der Waals surface area contributed by atoms with E-state index in [1.165, 1.54) is 0 Å². The predicted molar refractivity (Wildman–Crippen MR) is 45.8 cm³/mol. The fraction of sp³-hybridized carbons (Fsp3) is 0.222. The fourth-order valence-electron chi connectivity index (χ4n) is 1.31. The third-order valence-electron chi connectivity index (χ3n) is 1.94. The number of ketones is 1. The minimum absolute atomic E-state index is 0.146. The van der Waals surface area contributed by atoms with Crippen molar-refractivity contribution in [3.63, 3.8) is 0 Å². The van der Waals surface area contributed by atoms with Gasteiger partial charge >= 0.3 is 0 Å². The number of Topliss-reactive ketones (excluding diaryl/α,β-unsaturated/α-hetero) is 1. The number of hydrogen-bond donors (Lipinski definition) is 0. The Morgan fingerprint density at radius 1 is 1.54 bits per heavy atom. The average Bonchev–Trinajstić information content (AvgIpc) is 2.32. The Morgan fingerprint density at radius 2 is 2.23 bits per heavy atom. The maximum absolute atomic E-state index is 12.8. The van der Waals surface area contributed by atoms with E-state index in [9.17, 15) is 9.18 Å². The summed E-state index contributed by atoms with van der Waals surface area (Å²) in [6, 6.07) is 2.28. The van der Waals surface area contributed by atoms with Crippen LogP contribution >= 0.6 is 11.6 Å². The maximum atomic E-state index is 12.8. The van der Waals surface area contributed by atoms with Crippen molar-refractivity contribution in [1.82, 2.24) is 0 Å². The highest BCUT2D eigenvalue weighted by Crippen LogP contribution is 2.36. The van der Waals surface area contributed by atoms with Crippen LogP contribution in [-0.4, -0.2) is 11.9 Å². The van der Waals surface area contributed by atoms with Gasteiger partial charge in [-0.15, -0.1) is 0 Å². The summed E-state index contributed by atoms with van der Waals surface area (Å²) in [4.78, 5) is 11.4. The third kappa shape index (κ3) is 1.20. The number of carbonyl (C=O) groups is 1. The maximum Gasteiger partial charge on any atom is 0.206 e. The van der Waals surface area contributed by atoms with Crippen LogP contribution in [0.1, 0.15) is 17.3 Å². The lowest BCUT2D eigenvalue weighted by Gasteiger charge is -2.02. The molecular formula is C9H6ClFO2. The minimum atomic E-state index is -0.561. The van der Waals surface area contributed by atoms with Gasteiger partial charge in [0.25, 0.3) is 0 Å². The van der Waals surface area contributed by atoms with E-state index in [0.717, 1.165) is 12.1 Å². The quantitative estimate of drug-likeness (QED) is 0.643. The second kappa shape index (κ2) is 2.70. The van der Waals surface area contributed by atoms with Gasteiger partial charge in [-0.25, -0.2) is 4.39 Å². The Labute approximate surface area is 79.3 Å². The van der Waals surface area contributed by atoms with Crippen LogP contribution in [0.3, 0.4) is 0 Å². The lowest BCUT2D eigenvalue weighted by Crippen LogP contribution is -2.14. The second-order valence-electron chi connectivity index (χ2n) is 2.89. The van der Waals surface area contributed by atoms with E-state index in [-0.39, 0.29) is 16.4 Å². The molecule has 1 aromatic rings. The van der Waals surface area contributed by atoms with Crippen LogP contribution in [0.15, 0.2) is 12.1 Å². The highest BCUT2D eigenvalue weighted by Gasteiger charge is 2.31. The second-order valence-corrected chi connectivity index (χ2v) is 3.30. The molecule has 1 aromatic carbocycles. The largest absolute Gasteiger partial charge is 0.480 e. The molecule has 1 aliphatic rings. The summed E-state index contributed by atoms with van der Waals surface area (Å²) in [5.74, 6) is -0.452. The van der Waals surface area contributed by atoms with Gasteiger partial charge in [0.05, 0.1) is 10.6 Å². The molecular weight excluding hydrogens is 195 g/mol. The molecule has 0 fully saturated rings. The van der Waals surface area contributed by atoms with Gasteiger partial charge in [0, 0.05) is 0 Å². The van der Waals surface area contributed by atoms with E-state index < -0.39 is 11.9 Å². The molecule has 0 bridgehead atoms. The highest BCUT2D eigenvalue weighted by atomic mass is 35.5. The van der Waals surface area contributed by atoms with E-state index in [4.69, 9.17) is 16.3 Å². The van der Waals surface area contributed by atoms with E-state index >= 15 is 0 Å². The van der Waals surface area contributed by atoms with Gasteiger partial charge < -0.3 is 4.74 Å². The average molecular weight is 201 g/mol. The number of fused-ring (bicyclic) bond motifs is 1. The standard InChI is InChI=1S/C9H6ClFO2/c1-4-8(12)6-2-5(11)3-7(10)9(6)13-4/h2-4H,1H3. The number of hydrogen-bond acceptors (Lipinski definition) is 2. The van der Waals surface area contributed by atoms with Gasteiger partial charge in [0.2, 0.25) is 5.78 Å². The first-order valence-corrected chi connectivity index (χ1v) is 4.17. The summed E-state index contributed by atoms with van der Waals surface area (Å²) in [6.07, 6.45) is -0.561. The van der Waals surface area contributed by atoms with E-state index in [1.807, 2.05) is 0 Å². The van der Waals surface area contributed by atoms with Crippen molar-refractivity contribution in [3.05, 3.63) is 28.5 Å². The van der Waals surface area contributed by atoms with E-state index in [1.54, 1.807) is 6.92 Å². The van der Waals surface area contributed by atoms with Crippen LogP contribution in [0, 0.1) is 5.82 Å². The summed E-state index contributed by atoms with van der Waals surface area (Å²) >= 11 is 5.69. The monoisotopic (exact) mass is 200 g/mol. The van der Waals surface area contributed by atoms with Crippen molar-refractivity contribution in [2.45, 2.75) is 13.0 Å². The summed E-state index contributed by atoms with van der Waals surface area (Å²) < 4.78 is 18.0. The molecule has 0 amide bonds. The first-order valence-electron chi connectivity index (χ1n) is 3.79. The molecule has 1 atom stereocenters. The smallest absolute Gasteiger partial charge is 0.206 e. The summed E-state index contributed by atoms with van der Waals surface area (Å²) in [5, 5.41) is 0.146. The number of benzene rings is 1. The van der Waals surface area contributed by atoms with Gasteiger partial charge in [-0.05, 0) is 19.1 Å². The lowest BCUT2D eigenvalue weighted by atomic mass is 10.1. The molecule has 1 aliphatic heterocycles. The topological polar surface area (TPSA) is 26.3 Å². The normalized spacial score (nSPS) is 19.9. The van der Waals surface area contributed by atoms with Crippen LogP contribution in [0.25, 0.3) is 0 Å². The first kappa shape index (κ1) is 8.51. The van der Waals surface area contributed by atoms with Crippen molar-refractivity contribution in [1.29, 1.82) is 0 Å². The van der Waals surface area contributed by atoms with Crippen molar-refractivity contribution in [3.8, 4) is 5.75 Å². The zero-order chi connectivity index (χ0) is 9.59. The molecule has 0 saturated carbocycles. The van der Waals surface area contributed by atoms with Crippen LogP contribution in [-0.2, 0) is 0 Å². The lowest BCUT2D eigenvalue weighted by molar-refractivity contribution is 0.0878. The van der Waals surface area contributed by atoms with Crippen molar-refractivity contribution < 1.29 is 13.9 Å². The van der Waals surface area contributed by atoms with Crippen LogP contribution in [0.2, 0.25) is 5.02 Å². The Balaban J connectivity index is 2.64. The Kier molecular flexibility index (Phi) is 1.77. The van der Waals surface area contributed by atoms with Gasteiger partial charge in [0.15, 0.2) is 6.10 Å². The van der Waals surface area contributed by atoms with Gasteiger partial charge in [-0.1, -0.05) is 11.6 Å². The third-order valence-corrected chi connectivity index (χ3v) is 2.22. The predicted octanol–water partition coefficient (Wildman–Crippen LogP) is 2.44. The fourth-order valence-corrected chi connectivity index (χ4v) is 1.56. The van der Waals surface area contributed by atoms with Crippen molar-refractivity contribution in [2.75, 3.05) is 0 Å². The first-order chi connectivity index (χ1) is 6.09. The minimum Gasteiger partial charge on any atom is -0.480 e. The number of rotatable bonds is 0. The van der Waals surface area contributed by atoms with Crippen molar-refractivity contribution >= 4 is 17.4 Å². The molecule has 0 aromatic heterocycles. The van der Waals surface area contributed by atoms with Gasteiger partial charge in [-0.3, -0.25) is 4.79 Å².